The van der Waals surface area contributed by atoms with E-state index in [0.717, 1.165) is 19.5 Å². The van der Waals surface area contributed by atoms with Gasteiger partial charge in [-0.1, -0.05) is 30.3 Å². The molecule has 0 spiro atoms. The summed E-state index contributed by atoms with van der Waals surface area (Å²) in [6.45, 7) is 4.44. The van der Waals surface area contributed by atoms with Crippen molar-refractivity contribution in [2.75, 3.05) is 24.5 Å². The second-order valence-corrected chi connectivity index (χ2v) is 5.75. The molecule has 2 aromatic rings. The van der Waals surface area contributed by atoms with Gasteiger partial charge < -0.3 is 10.2 Å². The number of nitro benzene ring substituents is 1. The summed E-state index contributed by atoms with van der Waals surface area (Å²) < 4.78 is 0. The van der Waals surface area contributed by atoms with E-state index in [1.165, 1.54) is 23.9 Å². The molecule has 1 N–H and O–H groups in total. The number of carbonyl (C=O) groups excluding carboxylic acids is 1. The normalized spacial score (nSPS) is 10.7. The van der Waals surface area contributed by atoms with E-state index in [-0.39, 0.29) is 11.6 Å². The van der Waals surface area contributed by atoms with Gasteiger partial charge in [0.1, 0.15) is 0 Å². The minimum absolute atomic E-state index is 0.00753. The van der Waals surface area contributed by atoms with Gasteiger partial charge in [-0.3, -0.25) is 14.9 Å². The highest BCUT2D eigenvalue weighted by molar-refractivity contribution is 5.91. The zero-order valence-electron chi connectivity index (χ0n) is 14.8. The highest BCUT2D eigenvalue weighted by atomic mass is 16.6. The van der Waals surface area contributed by atoms with Crippen molar-refractivity contribution in [1.29, 1.82) is 0 Å². The van der Waals surface area contributed by atoms with Gasteiger partial charge in [-0.05, 0) is 37.1 Å². The number of amides is 1. The second-order valence-electron chi connectivity index (χ2n) is 5.75. The molecule has 2 rings (SSSR count). The number of para-hydroxylation sites is 1. The van der Waals surface area contributed by atoms with Crippen LogP contribution in [0.5, 0.6) is 0 Å². The van der Waals surface area contributed by atoms with Crippen LogP contribution in [0.4, 0.5) is 11.4 Å². The molecule has 6 heteroatoms. The molecule has 0 saturated carbocycles. The number of nitrogens with zero attached hydrogens (tertiary/aromatic N) is 2. The first-order chi connectivity index (χ1) is 12.6. The fraction of sp³-hybridized carbons (Fsp3) is 0.250. The lowest BCUT2D eigenvalue weighted by Gasteiger charge is -2.23. The van der Waals surface area contributed by atoms with Gasteiger partial charge in [0.2, 0.25) is 5.91 Å². The molecule has 136 valence electrons. The van der Waals surface area contributed by atoms with Crippen LogP contribution in [0.2, 0.25) is 0 Å². The number of nitrogens with one attached hydrogen (secondary N) is 1. The first-order valence-corrected chi connectivity index (χ1v) is 8.60. The molecule has 0 aliphatic rings. The van der Waals surface area contributed by atoms with Crippen LogP contribution in [-0.4, -0.2) is 30.5 Å². The third-order valence-electron chi connectivity index (χ3n) is 3.92. The third-order valence-corrected chi connectivity index (χ3v) is 3.92. The predicted octanol–water partition coefficient (Wildman–Crippen LogP) is 3.64. The molecule has 0 aliphatic heterocycles. The van der Waals surface area contributed by atoms with Crippen molar-refractivity contribution in [2.45, 2.75) is 13.3 Å². The molecule has 0 heterocycles. The number of non-ortho nitro benzene ring substituents is 1. The minimum atomic E-state index is -0.455. The molecule has 0 saturated heterocycles. The Bertz CT molecular complexity index is 760. The summed E-state index contributed by atoms with van der Waals surface area (Å²) in [5.74, 6) is -0.209. The average molecular weight is 353 g/mol. The van der Waals surface area contributed by atoms with Crippen LogP contribution >= 0.6 is 0 Å². The minimum Gasteiger partial charge on any atom is -0.372 e. The monoisotopic (exact) mass is 353 g/mol. The van der Waals surface area contributed by atoms with Crippen LogP contribution in [-0.2, 0) is 4.79 Å². The van der Waals surface area contributed by atoms with Gasteiger partial charge in [0.05, 0.1) is 4.92 Å². The molecule has 26 heavy (non-hydrogen) atoms. The maximum Gasteiger partial charge on any atom is 0.270 e. The molecule has 6 nitrogen and oxygen atoms in total. The summed E-state index contributed by atoms with van der Waals surface area (Å²) in [5, 5.41) is 13.6. The van der Waals surface area contributed by atoms with Crippen molar-refractivity contribution in [3.05, 3.63) is 76.4 Å². The topological polar surface area (TPSA) is 75.5 Å². The molecular weight excluding hydrogens is 330 g/mol. The Hall–Kier alpha value is -3.15. The maximum absolute atomic E-state index is 11.9. The van der Waals surface area contributed by atoms with Gasteiger partial charge >= 0.3 is 0 Å². The van der Waals surface area contributed by atoms with Crippen molar-refractivity contribution in [2.24, 2.45) is 0 Å². The number of hydrogen-bond acceptors (Lipinski definition) is 4. The SMILES string of the molecule is CCN(CCCNC(=O)/C=C\c1cccc([N+](=O)[O-])c1)c1ccccc1. The van der Waals surface area contributed by atoms with E-state index in [4.69, 9.17) is 0 Å². The molecule has 0 atom stereocenters. The van der Waals surface area contributed by atoms with E-state index < -0.39 is 4.92 Å². The second kappa shape index (κ2) is 9.98. The Labute approximate surface area is 153 Å². The summed E-state index contributed by atoms with van der Waals surface area (Å²) >= 11 is 0. The van der Waals surface area contributed by atoms with E-state index in [1.807, 2.05) is 18.2 Å². The summed E-state index contributed by atoms with van der Waals surface area (Å²) in [6.07, 6.45) is 3.80. The third kappa shape index (κ3) is 6.05. The van der Waals surface area contributed by atoms with E-state index in [9.17, 15) is 14.9 Å². The van der Waals surface area contributed by atoms with Crippen LogP contribution in [0.25, 0.3) is 6.08 Å². The summed E-state index contributed by atoms with van der Waals surface area (Å²) in [7, 11) is 0. The van der Waals surface area contributed by atoms with Crippen LogP contribution in [0.3, 0.4) is 0 Å². The number of anilines is 1. The van der Waals surface area contributed by atoms with Gasteiger partial charge in [-0.25, -0.2) is 0 Å². The van der Waals surface area contributed by atoms with Crippen LogP contribution in [0.1, 0.15) is 18.9 Å². The van der Waals surface area contributed by atoms with E-state index >= 15 is 0 Å². The van der Waals surface area contributed by atoms with Gasteiger partial charge in [-0.2, -0.15) is 0 Å². The summed E-state index contributed by atoms with van der Waals surface area (Å²) in [5.41, 5.74) is 1.80. The van der Waals surface area contributed by atoms with Crippen LogP contribution < -0.4 is 10.2 Å². The number of carbonyl (C=O) groups is 1. The lowest BCUT2D eigenvalue weighted by Crippen LogP contribution is -2.29. The van der Waals surface area contributed by atoms with Crippen molar-refractivity contribution in [1.82, 2.24) is 5.32 Å². The molecule has 0 radical (unpaired) electrons. The fourth-order valence-electron chi connectivity index (χ4n) is 2.56. The zero-order chi connectivity index (χ0) is 18.8. The van der Waals surface area contributed by atoms with Gasteiger partial charge in [0, 0.05) is 43.5 Å². The highest BCUT2D eigenvalue weighted by Gasteiger charge is 2.05. The lowest BCUT2D eigenvalue weighted by atomic mass is 10.2. The molecule has 1 amide bonds. The maximum atomic E-state index is 11.9. The number of nitro groups is 1. The zero-order valence-corrected chi connectivity index (χ0v) is 14.8. The number of rotatable bonds is 9. The molecule has 0 bridgehead atoms. The highest BCUT2D eigenvalue weighted by Crippen LogP contribution is 2.14. The first-order valence-electron chi connectivity index (χ1n) is 8.60. The largest absolute Gasteiger partial charge is 0.372 e. The van der Waals surface area contributed by atoms with Crippen molar-refractivity contribution in [3.63, 3.8) is 0 Å². The van der Waals surface area contributed by atoms with Crippen LogP contribution in [0, 0.1) is 10.1 Å². The van der Waals surface area contributed by atoms with Crippen molar-refractivity contribution < 1.29 is 9.72 Å². The molecule has 2 aromatic carbocycles. The predicted molar refractivity (Wildman–Crippen MR) is 104 cm³/mol. The van der Waals surface area contributed by atoms with Gasteiger partial charge in [-0.15, -0.1) is 0 Å². The van der Waals surface area contributed by atoms with E-state index in [0.29, 0.717) is 12.1 Å². The number of hydrogen-bond donors (Lipinski definition) is 1. The van der Waals surface area contributed by atoms with E-state index in [1.54, 1.807) is 18.2 Å². The molecule has 0 unspecified atom stereocenters. The molecule has 0 fully saturated rings. The Morgan fingerprint density at radius 1 is 1.19 bits per heavy atom. The Morgan fingerprint density at radius 2 is 1.96 bits per heavy atom. The van der Waals surface area contributed by atoms with Crippen molar-refractivity contribution >= 4 is 23.4 Å². The number of benzene rings is 2. The first kappa shape index (κ1) is 19.2. The van der Waals surface area contributed by atoms with Crippen LogP contribution in [0.15, 0.2) is 60.7 Å². The quantitative estimate of drug-likeness (QED) is 0.323. The average Bonchev–Trinajstić information content (AvgIpc) is 2.67. The fourth-order valence-corrected chi connectivity index (χ4v) is 2.56. The Morgan fingerprint density at radius 3 is 2.65 bits per heavy atom. The standard InChI is InChI=1S/C20H23N3O3/c1-2-22(18-9-4-3-5-10-18)15-7-14-21-20(24)13-12-17-8-6-11-19(16-17)23(25)26/h3-6,8-13,16H,2,7,14-15H2,1H3,(H,21,24)/b13-12-. The Kier molecular flexibility index (Phi) is 7.36. The van der Waals surface area contributed by atoms with E-state index in [2.05, 4.69) is 29.3 Å². The summed E-state index contributed by atoms with van der Waals surface area (Å²) in [6, 6.07) is 16.3. The van der Waals surface area contributed by atoms with Crippen molar-refractivity contribution in [3.8, 4) is 0 Å². The Balaban J connectivity index is 1.76. The van der Waals surface area contributed by atoms with Gasteiger partial charge in [0.15, 0.2) is 0 Å². The smallest absolute Gasteiger partial charge is 0.270 e. The lowest BCUT2D eigenvalue weighted by molar-refractivity contribution is -0.384. The molecular formula is C20H23N3O3. The molecule has 0 aliphatic carbocycles. The molecule has 0 aromatic heterocycles. The summed E-state index contributed by atoms with van der Waals surface area (Å²) in [4.78, 5) is 24.4. The van der Waals surface area contributed by atoms with Gasteiger partial charge in [0.25, 0.3) is 5.69 Å².